The lowest BCUT2D eigenvalue weighted by Gasteiger charge is -2.29. The van der Waals surface area contributed by atoms with E-state index in [1.165, 1.54) is 15.9 Å². The van der Waals surface area contributed by atoms with Gasteiger partial charge >= 0.3 is 11.7 Å². The molecule has 1 aliphatic carbocycles. The minimum Gasteiger partial charge on any atom is -0.496 e. The molecular weight excluding hydrogens is 484 g/mol. The standard InChI is InChI=1S/C26H30N2O7S/c1-15-16(2)36-23-21(15)22(29)28(26(10-11-26)24(30)31)25(32)27(23)14-20(35-17-8-12-34-13-9-17)18-6-4-5-7-19(18)33-3/h4-7,17,20H,8-14H2,1-3H3,(H,30,31). The predicted molar refractivity (Wildman–Crippen MR) is 135 cm³/mol. The largest absolute Gasteiger partial charge is 0.496 e. The number of thiophene rings is 1. The van der Waals surface area contributed by atoms with Gasteiger partial charge in [-0.15, -0.1) is 11.3 Å². The van der Waals surface area contributed by atoms with E-state index in [-0.39, 0.29) is 25.5 Å². The third-order valence-electron chi connectivity index (χ3n) is 7.36. The van der Waals surface area contributed by atoms with Crippen molar-refractivity contribution in [3.8, 4) is 5.75 Å². The summed E-state index contributed by atoms with van der Waals surface area (Å²) in [5.74, 6) is -0.521. The third kappa shape index (κ3) is 4.07. The van der Waals surface area contributed by atoms with Crippen molar-refractivity contribution in [1.29, 1.82) is 0 Å². The van der Waals surface area contributed by atoms with Gasteiger partial charge in [0.05, 0.1) is 25.1 Å². The lowest BCUT2D eigenvalue weighted by Crippen LogP contribution is -2.49. The summed E-state index contributed by atoms with van der Waals surface area (Å²) >= 11 is 1.37. The molecule has 0 spiro atoms. The second-order valence-corrected chi connectivity index (χ2v) is 10.7. The molecule has 0 radical (unpaired) electrons. The second kappa shape index (κ2) is 9.49. The van der Waals surface area contributed by atoms with Crippen molar-refractivity contribution < 1.29 is 24.1 Å². The molecule has 2 aliphatic rings. The Morgan fingerprint density at radius 3 is 2.56 bits per heavy atom. The first-order chi connectivity index (χ1) is 17.3. The molecule has 0 bridgehead atoms. The molecule has 1 saturated heterocycles. The number of nitrogens with zero attached hydrogens (tertiary/aromatic N) is 2. The molecule has 10 heteroatoms. The molecular formula is C26H30N2O7S. The predicted octanol–water partition coefficient (Wildman–Crippen LogP) is 3.36. The van der Waals surface area contributed by atoms with Crippen LogP contribution in [0.4, 0.5) is 0 Å². The molecule has 3 heterocycles. The minimum absolute atomic E-state index is 0.0636. The summed E-state index contributed by atoms with van der Waals surface area (Å²) in [5.41, 5.74) is -1.10. The number of methoxy groups -OCH3 is 1. The number of aryl methyl sites for hydroxylation is 2. The summed E-state index contributed by atoms with van der Waals surface area (Å²) in [7, 11) is 1.59. The molecule has 2 aromatic heterocycles. The maximum Gasteiger partial charge on any atom is 0.333 e. The zero-order chi connectivity index (χ0) is 25.6. The molecule has 1 unspecified atom stereocenters. The highest BCUT2D eigenvalue weighted by molar-refractivity contribution is 7.18. The maximum atomic E-state index is 13.9. The van der Waals surface area contributed by atoms with E-state index in [9.17, 15) is 19.5 Å². The first-order valence-corrected chi connectivity index (χ1v) is 13.0. The normalized spacial score (nSPS) is 18.3. The fourth-order valence-electron chi connectivity index (χ4n) is 5.00. The minimum atomic E-state index is -1.49. The molecule has 0 amide bonds. The third-order valence-corrected chi connectivity index (χ3v) is 8.59. The molecule has 1 N–H and O–H groups in total. The van der Waals surface area contributed by atoms with Gasteiger partial charge in [-0.2, -0.15) is 0 Å². The van der Waals surface area contributed by atoms with Crippen LogP contribution >= 0.6 is 11.3 Å². The van der Waals surface area contributed by atoms with E-state index in [0.29, 0.717) is 29.2 Å². The van der Waals surface area contributed by atoms with E-state index in [1.54, 1.807) is 7.11 Å². The highest BCUT2D eigenvalue weighted by Crippen LogP contribution is 2.42. The van der Waals surface area contributed by atoms with E-state index in [4.69, 9.17) is 14.2 Å². The summed E-state index contributed by atoms with van der Waals surface area (Å²) in [5, 5.41) is 10.3. The van der Waals surface area contributed by atoms with Gasteiger partial charge in [0.1, 0.15) is 22.2 Å². The number of rotatable bonds is 8. The van der Waals surface area contributed by atoms with Crippen molar-refractivity contribution in [2.75, 3.05) is 20.3 Å². The Labute approximate surface area is 211 Å². The Bertz CT molecular complexity index is 1430. The van der Waals surface area contributed by atoms with Crippen LogP contribution in [0.5, 0.6) is 5.75 Å². The first-order valence-electron chi connectivity index (χ1n) is 12.1. The van der Waals surface area contributed by atoms with Crippen LogP contribution in [0.2, 0.25) is 0 Å². The van der Waals surface area contributed by atoms with Crippen molar-refractivity contribution in [2.45, 2.75) is 63.8 Å². The first kappa shape index (κ1) is 24.7. The Hall–Kier alpha value is -2.95. The number of hydrogen-bond donors (Lipinski definition) is 1. The van der Waals surface area contributed by atoms with Crippen LogP contribution in [0, 0.1) is 13.8 Å². The van der Waals surface area contributed by atoms with Crippen molar-refractivity contribution in [1.82, 2.24) is 9.13 Å². The van der Waals surface area contributed by atoms with E-state index >= 15 is 0 Å². The highest BCUT2D eigenvalue weighted by atomic mass is 32.1. The number of carboxylic acid groups (broad SMARTS) is 1. The average molecular weight is 515 g/mol. The second-order valence-electron chi connectivity index (χ2n) is 9.51. The molecule has 192 valence electrons. The number of para-hydroxylation sites is 1. The summed E-state index contributed by atoms with van der Waals surface area (Å²) in [6.45, 7) is 5.05. The fourth-order valence-corrected chi connectivity index (χ4v) is 6.15. The molecule has 1 saturated carbocycles. The molecule has 1 aliphatic heterocycles. The van der Waals surface area contributed by atoms with Gasteiger partial charge in [0.2, 0.25) is 0 Å². The quantitative estimate of drug-likeness (QED) is 0.491. The molecule has 2 fully saturated rings. The van der Waals surface area contributed by atoms with Crippen LogP contribution in [0.15, 0.2) is 33.9 Å². The lowest BCUT2D eigenvalue weighted by molar-refractivity contribution is -0.142. The zero-order valence-corrected chi connectivity index (χ0v) is 21.4. The van der Waals surface area contributed by atoms with Crippen LogP contribution in [-0.2, 0) is 26.4 Å². The number of carboxylic acids is 1. The maximum absolute atomic E-state index is 13.9. The number of fused-ring (bicyclic) bond motifs is 1. The smallest absolute Gasteiger partial charge is 0.333 e. The number of carbonyl (C=O) groups is 1. The Morgan fingerprint density at radius 2 is 1.92 bits per heavy atom. The van der Waals surface area contributed by atoms with Crippen molar-refractivity contribution in [3.63, 3.8) is 0 Å². The summed E-state index contributed by atoms with van der Waals surface area (Å²) < 4.78 is 20.2. The van der Waals surface area contributed by atoms with Gasteiger partial charge in [0.15, 0.2) is 0 Å². The zero-order valence-electron chi connectivity index (χ0n) is 20.6. The average Bonchev–Trinajstić information content (AvgIpc) is 3.62. The molecule has 9 nitrogen and oxygen atoms in total. The molecule has 5 rings (SSSR count). The Morgan fingerprint density at radius 1 is 1.22 bits per heavy atom. The number of ether oxygens (including phenoxy) is 3. The number of aromatic nitrogens is 2. The van der Waals surface area contributed by atoms with Gasteiger partial charge in [-0.3, -0.25) is 9.36 Å². The Balaban J connectivity index is 1.69. The topological polar surface area (TPSA) is 109 Å². The highest BCUT2D eigenvalue weighted by Gasteiger charge is 2.55. The Kier molecular flexibility index (Phi) is 6.52. The van der Waals surface area contributed by atoms with Crippen LogP contribution in [0.3, 0.4) is 0 Å². The summed E-state index contributed by atoms with van der Waals surface area (Å²) in [4.78, 5) is 41.0. The van der Waals surface area contributed by atoms with Gasteiger partial charge in [-0.1, -0.05) is 18.2 Å². The van der Waals surface area contributed by atoms with Crippen LogP contribution in [-0.4, -0.2) is 46.6 Å². The molecule has 3 aromatic rings. The van der Waals surface area contributed by atoms with Crippen molar-refractivity contribution >= 4 is 27.5 Å². The number of benzene rings is 1. The fraction of sp³-hybridized carbons (Fsp3) is 0.500. The van der Waals surface area contributed by atoms with E-state index in [1.807, 2.05) is 38.1 Å². The SMILES string of the molecule is COc1ccccc1C(Cn1c(=O)n(C2(C(=O)O)CC2)c(=O)c2c(C)c(C)sc21)OC1CCOCC1. The van der Waals surface area contributed by atoms with E-state index in [2.05, 4.69) is 0 Å². The summed E-state index contributed by atoms with van der Waals surface area (Å²) in [6.07, 6.45) is 1.34. The van der Waals surface area contributed by atoms with E-state index in [0.717, 1.165) is 33.4 Å². The molecule has 1 aromatic carbocycles. The molecule has 1 atom stereocenters. The number of aliphatic carboxylic acids is 1. The van der Waals surface area contributed by atoms with Gasteiger partial charge in [0, 0.05) is 23.7 Å². The number of hydrogen-bond acceptors (Lipinski definition) is 7. The van der Waals surface area contributed by atoms with Gasteiger partial charge in [-0.05, 0) is 51.2 Å². The van der Waals surface area contributed by atoms with Crippen molar-refractivity contribution in [2.24, 2.45) is 0 Å². The van der Waals surface area contributed by atoms with Crippen LogP contribution < -0.4 is 16.0 Å². The monoisotopic (exact) mass is 514 g/mol. The van der Waals surface area contributed by atoms with E-state index < -0.39 is 28.9 Å². The lowest BCUT2D eigenvalue weighted by atomic mass is 10.1. The van der Waals surface area contributed by atoms with Gasteiger partial charge in [0.25, 0.3) is 5.56 Å². The van der Waals surface area contributed by atoms with Crippen molar-refractivity contribution in [3.05, 3.63) is 61.1 Å². The molecule has 36 heavy (non-hydrogen) atoms. The van der Waals surface area contributed by atoms with Crippen LogP contribution in [0.1, 0.15) is 47.8 Å². The van der Waals surface area contributed by atoms with Gasteiger partial charge in [-0.25, -0.2) is 14.2 Å². The van der Waals surface area contributed by atoms with Gasteiger partial charge < -0.3 is 19.3 Å². The summed E-state index contributed by atoms with van der Waals surface area (Å²) in [6, 6.07) is 7.51. The van der Waals surface area contributed by atoms with Crippen LogP contribution in [0.25, 0.3) is 10.2 Å².